The van der Waals surface area contributed by atoms with Crippen LogP contribution in [0.3, 0.4) is 0 Å². The van der Waals surface area contributed by atoms with Crippen LogP contribution in [0, 0.1) is 10.1 Å². The molecular weight excluding hydrogens is 504 g/mol. The van der Waals surface area contributed by atoms with E-state index in [9.17, 15) is 18.5 Å². The second kappa shape index (κ2) is 12.5. The average molecular weight is 527 g/mol. The third-order valence-electron chi connectivity index (χ3n) is 4.45. The Bertz CT molecular complexity index is 1290. The average Bonchev–Trinajstić information content (AvgIpc) is 2.87. The van der Waals surface area contributed by atoms with E-state index in [4.69, 9.17) is 15.2 Å². The maximum Gasteiger partial charge on any atom is 0.363 e. The van der Waals surface area contributed by atoms with Gasteiger partial charge < -0.3 is 25.3 Å². The van der Waals surface area contributed by atoms with Gasteiger partial charge >= 0.3 is 5.82 Å². The van der Waals surface area contributed by atoms with Crippen molar-refractivity contribution in [3.05, 3.63) is 95.3 Å². The molecule has 0 saturated carbocycles. The molecule has 12 heteroatoms. The lowest BCUT2D eigenvalue weighted by atomic mass is 10.3. The van der Waals surface area contributed by atoms with Gasteiger partial charge in [0.2, 0.25) is 0 Å². The van der Waals surface area contributed by atoms with Gasteiger partial charge in [-0.25, -0.2) is 4.98 Å². The van der Waals surface area contributed by atoms with Gasteiger partial charge in [-0.1, -0.05) is 0 Å². The molecule has 4 rings (SSSR count). The molecule has 2 heterocycles. The van der Waals surface area contributed by atoms with Gasteiger partial charge in [0.1, 0.15) is 23.1 Å². The minimum Gasteiger partial charge on any atom is -0.456 e. The predicted octanol–water partition coefficient (Wildman–Crippen LogP) is 4.71. The zero-order valence-electron chi connectivity index (χ0n) is 19.3. The summed E-state index contributed by atoms with van der Waals surface area (Å²) in [6.45, 7) is 0. The molecule has 2 aromatic heterocycles. The number of nitrogens with zero attached hydrogens (tertiary/aromatic N) is 3. The molecule has 2 atom stereocenters. The molecule has 4 aromatic rings. The summed E-state index contributed by atoms with van der Waals surface area (Å²) in [5, 5.41) is 10.4. The van der Waals surface area contributed by atoms with Crippen LogP contribution in [0.25, 0.3) is 0 Å². The number of hydrogen-bond donors (Lipinski definition) is 1. The van der Waals surface area contributed by atoms with Crippen LogP contribution < -0.4 is 15.2 Å². The van der Waals surface area contributed by atoms with Gasteiger partial charge in [-0.05, 0) is 76.6 Å². The molecular formula is C24H22N4O6S2. The van der Waals surface area contributed by atoms with E-state index in [1.807, 2.05) is 0 Å². The van der Waals surface area contributed by atoms with Crippen LogP contribution in [0.4, 0.5) is 11.6 Å². The van der Waals surface area contributed by atoms with Crippen LogP contribution in [-0.2, 0) is 21.6 Å². The van der Waals surface area contributed by atoms with Crippen molar-refractivity contribution in [3.63, 3.8) is 0 Å². The van der Waals surface area contributed by atoms with E-state index >= 15 is 0 Å². The SMILES string of the molecule is CS(=O)c1ccc(Oc2ccc(N)nc2)cc1.CS(=O)c1ccc(Oc2ccc([N+](=O)[O-])nc2)cc1. The summed E-state index contributed by atoms with van der Waals surface area (Å²) in [4.78, 5) is 18.9. The molecule has 0 aliphatic heterocycles. The third kappa shape index (κ3) is 7.96. The molecule has 0 fully saturated rings. The molecule has 2 aromatic carbocycles. The van der Waals surface area contributed by atoms with Gasteiger partial charge in [0.05, 0.1) is 6.20 Å². The van der Waals surface area contributed by atoms with E-state index in [1.165, 1.54) is 18.3 Å². The van der Waals surface area contributed by atoms with Crippen molar-refractivity contribution < 1.29 is 22.8 Å². The number of aromatic nitrogens is 2. The number of nitrogens with two attached hydrogens (primary N) is 1. The van der Waals surface area contributed by atoms with E-state index in [2.05, 4.69) is 9.97 Å². The molecule has 0 saturated heterocycles. The van der Waals surface area contributed by atoms with Gasteiger partial charge in [0.25, 0.3) is 0 Å². The zero-order valence-corrected chi connectivity index (χ0v) is 20.9. The molecule has 0 radical (unpaired) electrons. The highest BCUT2D eigenvalue weighted by Crippen LogP contribution is 2.23. The third-order valence-corrected chi connectivity index (χ3v) is 6.32. The summed E-state index contributed by atoms with van der Waals surface area (Å²) in [5.41, 5.74) is 5.47. The number of pyridine rings is 2. The fraction of sp³-hybridized carbons (Fsp3) is 0.0833. The Kier molecular flexibility index (Phi) is 9.19. The molecule has 10 nitrogen and oxygen atoms in total. The highest BCUT2D eigenvalue weighted by atomic mass is 32.2. The molecule has 0 aliphatic rings. The summed E-state index contributed by atoms with van der Waals surface area (Å²) in [6.07, 6.45) is 6.07. The number of anilines is 1. The lowest BCUT2D eigenvalue weighted by molar-refractivity contribution is -0.389. The lowest BCUT2D eigenvalue weighted by Crippen LogP contribution is -1.92. The van der Waals surface area contributed by atoms with Gasteiger partial charge in [0, 0.05) is 50.0 Å². The van der Waals surface area contributed by atoms with Crippen molar-refractivity contribution in [1.29, 1.82) is 0 Å². The van der Waals surface area contributed by atoms with E-state index in [0.717, 1.165) is 4.90 Å². The fourth-order valence-electron chi connectivity index (χ4n) is 2.66. The summed E-state index contributed by atoms with van der Waals surface area (Å²) in [6, 6.07) is 20.0. The van der Waals surface area contributed by atoms with Crippen molar-refractivity contribution in [2.75, 3.05) is 18.2 Å². The first-order valence-electron chi connectivity index (χ1n) is 10.3. The van der Waals surface area contributed by atoms with Crippen LogP contribution in [-0.4, -0.2) is 35.8 Å². The van der Waals surface area contributed by atoms with Crippen molar-refractivity contribution in [2.24, 2.45) is 0 Å². The summed E-state index contributed by atoms with van der Waals surface area (Å²) in [5.74, 6) is 2.45. The standard InChI is InChI=1S/C12H10N2O4S.C12H12N2O2S/c1-19(17)11-5-2-9(3-6-11)18-10-4-7-12(13-8-10)14(15)16;1-17(15)11-5-2-9(3-6-11)16-10-4-7-12(13)14-8-10/h2-8H,1H3;2-8H,1H3,(H2,13,14). The predicted molar refractivity (Wildman–Crippen MR) is 137 cm³/mol. The molecule has 0 aliphatic carbocycles. The van der Waals surface area contributed by atoms with Crippen molar-refractivity contribution in [1.82, 2.24) is 9.97 Å². The van der Waals surface area contributed by atoms with Gasteiger partial charge in [-0.3, -0.25) is 8.42 Å². The Balaban J connectivity index is 0.000000202. The number of ether oxygens (including phenoxy) is 2. The maximum atomic E-state index is 11.2. The molecule has 36 heavy (non-hydrogen) atoms. The van der Waals surface area contributed by atoms with Crippen molar-refractivity contribution >= 4 is 33.2 Å². The molecule has 0 bridgehead atoms. The minimum atomic E-state index is -1.03. The quantitative estimate of drug-likeness (QED) is 0.267. The highest BCUT2D eigenvalue weighted by molar-refractivity contribution is 7.84. The second-order valence-electron chi connectivity index (χ2n) is 7.08. The zero-order chi connectivity index (χ0) is 26.1. The largest absolute Gasteiger partial charge is 0.456 e. The van der Waals surface area contributed by atoms with Crippen LogP contribution in [0.15, 0.2) is 95.0 Å². The molecule has 0 amide bonds. The smallest absolute Gasteiger partial charge is 0.363 e. The van der Waals surface area contributed by atoms with Gasteiger partial charge in [-0.2, -0.15) is 0 Å². The Morgan fingerprint density at radius 2 is 1.11 bits per heavy atom. The van der Waals surface area contributed by atoms with Crippen molar-refractivity contribution in [3.8, 4) is 23.0 Å². The highest BCUT2D eigenvalue weighted by Gasteiger charge is 2.08. The van der Waals surface area contributed by atoms with Crippen molar-refractivity contribution in [2.45, 2.75) is 9.79 Å². The summed E-state index contributed by atoms with van der Waals surface area (Å²) < 4.78 is 33.4. The first kappa shape index (κ1) is 26.4. The first-order chi connectivity index (χ1) is 17.2. The second-order valence-corrected chi connectivity index (χ2v) is 9.84. The van der Waals surface area contributed by atoms with E-state index in [0.29, 0.717) is 33.7 Å². The Morgan fingerprint density at radius 1 is 0.694 bits per heavy atom. The molecule has 186 valence electrons. The van der Waals surface area contributed by atoms with E-state index in [-0.39, 0.29) is 5.82 Å². The van der Waals surface area contributed by atoms with Crippen LogP contribution in [0.5, 0.6) is 23.0 Å². The lowest BCUT2D eigenvalue weighted by Gasteiger charge is -2.05. The van der Waals surface area contributed by atoms with E-state index in [1.54, 1.807) is 79.4 Å². The topological polar surface area (TPSA) is 148 Å². The Morgan fingerprint density at radius 3 is 1.44 bits per heavy atom. The minimum absolute atomic E-state index is 0.232. The molecule has 2 N–H and O–H groups in total. The van der Waals surface area contributed by atoms with Crippen LogP contribution >= 0.6 is 0 Å². The van der Waals surface area contributed by atoms with Crippen LogP contribution in [0.2, 0.25) is 0 Å². The molecule has 2 unspecified atom stereocenters. The maximum absolute atomic E-state index is 11.2. The number of nitrogen functional groups attached to an aromatic ring is 1. The number of rotatable bonds is 7. The fourth-order valence-corrected chi connectivity index (χ4v) is 3.70. The first-order valence-corrected chi connectivity index (χ1v) is 13.4. The normalized spacial score (nSPS) is 11.9. The summed E-state index contributed by atoms with van der Waals surface area (Å²) in [7, 11) is -2.01. The number of benzene rings is 2. The van der Waals surface area contributed by atoms with Crippen LogP contribution in [0.1, 0.15) is 0 Å². The molecule has 0 spiro atoms. The number of hydrogen-bond acceptors (Lipinski definition) is 9. The van der Waals surface area contributed by atoms with E-state index < -0.39 is 26.5 Å². The monoisotopic (exact) mass is 526 g/mol. The van der Waals surface area contributed by atoms with Gasteiger partial charge in [0.15, 0.2) is 11.9 Å². The Hall–Kier alpha value is -4.16. The van der Waals surface area contributed by atoms with Gasteiger partial charge in [-0.15, -0.1) is 0 Å². The number of nitro groups is 1. The Labute approximate surface area is 212 Å². The summed E-state index contributed by atoms with van der Waals surface area (Å²) >= 11 is 0.